The van der Waals surface area contributed by atoms with Crippen molar-refractivity contribution in [2.45, 2.75) is 6.04 Å². The number of halogens is 1. The minimum atomic E-state index is -0.760. The van der Waals surface area contributed by atoms with Crippen LogP contribution in [0, 0.1) is 11.3 Å². The Kier molecular flexibility index (Phi) is 2.19. The highest BCUT2D eigenvalue weighted by molar-refractivity contribution is 9.10. The van der Waals surface area contributed by atoms with Crippen LogP contribution in [0.5, 0.6) is 0 Å². The normalized spacial score (nSPS) is 12.6. The van der Waals surface area contributed by atoms with Gasteiger partial charge in [-0.1, -0.05) is 6.07 Å². The average molecular weight is 252 g/mol. The molecule has 0 aliphatic heterocycles. The number of fused-ring (bicyclic) bond motifs is 1. The number of nitrogens with zero attached hydrogens (tertiary/aromatic N) is 4. The number of hydrogen-bond donors (Lipinski definition) is 1. The number of nitrogens with two attached hydrogens (primary N) is 1. The Bertz CT molecular complexity index is 512. The minimum Gasteiger partial charge on any atom is -0.310 e. The van der Waals surface area contributed by atoms with Gasteiger partial charge in [-0.05, 0) is 28.1 Å². The topological polar surface area (TPSA) is 80.0 Å². The van der Waals surface area contributed by atoms with E-state index in [0.29, 0.717) is 11.5 Å². The predicted octanol–water partition coefficient (Wildman–Crippen LogP) is 1.02. The fraction of sp³-hybridized carbons (Fsp3) is 0.125. The first-order chi connectivity index (χ1) is 6.74. The van der Waals surface area contributed by atoms with E-state index in [1.807, 2.05) is 18.2 Å². The molecule has 14 heavy (non-hydrogen) atoms. The van der Waals surface area contributed by atoms with E-state index in [9.17, 15) is 0 Å². The molecule has 0 saturated heterocycles. The highest BCUT2D eigenvalue weighted by atomic mass is 79.9. The van der Waals surface area contributed by atoms with Gasteiger partial charge in [0.15, 0.2) is 17.5 Å². The number of hydrogen-bond acceptors (Lipinski definition) is 4. The van der Waals surface area contributed by atoms with E-state index in [1.54, 1.807) is 10.5 Å². The van der Waals surface area contributed by atoms with Crippen molar-refractivity contribution in [3.05, 3.63) is 28.6 Å². The Labute approximate surface area is 88.3 Å². The van der Waals surface area contributed by atoms with Crippen molar-refractivity contribution >= 4 is 21.6 Å². The molecule has 0 bridgehead atoms. The molecule has 2 N–H and O–H groups in total. The van der Waals surface area contributed by atoms with Gasteiger partial charge in [0.25, 0.3) is 0 Å². The molecule has 0 spiro atoms. The van der Waals surface area contributed by atoms with Gasteiger partial charge in [-0.25, -0.2) is 0 Å². The van der Waals surface area contributed by atoms with Crippen LogP contribution < -0.4 is 5.73 Å². The molecule has 0 aliphatic carbocycles. The second-order valence-electron chi connectivity index (χ2n) is 2.71. The van der Waals surface area contributed by atoms with E-state index in [0.717, 1.165) is 4.60 Å². The predicted molar refractivity (Wildman–Crippen MR) is 53.2 cm³/mol. The SMILES string of the molecule is N#CC(N)c1nnc2cccc(Br)n12. The first-order valence-electron chi connectivity index (χ1n) is 3.89. The first kappa shape index (κ1) is 9.12. The van der Waals surface area contributed by atoms with Gasteiger partial charge in [0, 0.05) is 0 Å². The Balaban J connectivity index is 2.74. The Hall–Kier alpha value is -1.45. The lowest BCUT2D eigenvalue weighted by molar-refractivity contribution is 0.796. The quantitative estimate of drug-likeness (QED) is 0.768. The van der Waals surface area contributed by atoms with Gasteiger partial charge >= 0.3 is 0 Å². The van der Waals surface area contributed by atoms with Gasteiger partial charge in [-0.3, -0.25) is 4.40 Å². The maximum absolute atomic E-state index is 8.69. The molecular formula is C8H6BrN5. The Morgan fingerprint density at radius 2 is 2.29 bits per heavy atom. The standard InChI is InChI=1S/C8H6BrN5/c9-6-2-1-3-7-12-13-8(14(6)7)5(11)4-10/h1-3,5H,11H2. The third kappa shape index (κ3) is 1.27. The smallest absolute Gasteiger partial charge is 0.170 e. The third-order valence-electron chi connectivity index (χ3n) is 1.82. The number of aromatic nitrogens is 3. The maximum atomic E-state index is 8.69. The van der Waals surface area contributed by atoms with Crippen molar-refractivity contribution in [2.75, 3.05) is 0 Å². The minimum absolute atomic E-state index is 0.440. The zero-order valence-electron chi connectivity index (χ0n) is 7.05. The van der Waals surface area contributed by atoms with Gasteiger partial charge < -0.3 is 5.73 Å². The van der Waals surface area contributed by atoms with Crippen molar-refractivity contribution < 1.29 is 0 Å². The summed E-state index contributed by atoms with van der Waals surface area (Å²) in [5.74, 6) is 0.440. The lowest BCUT2D eigenvalue weighted by atomic mass is 10.3. The molecule has 2 aromatic heterocycles. The van der Waals surface area contributed by atoms with Gasteiger partial charge in [0.1, 0.15) is 0 Å². The summed E-state index contributed by atoms with van der Waals surface area (Å²) in [5.41, 5.74) is 6.24. The van der Waals surface area contributed by atoms with E-state index in [4.69, 9.17) is 11.0 Å². The monoisotopic (exact) mass is 251 g/mol. The van der Waals surface area contributed by atoms with Crippen LogP contribution in [0.4, 0.5) is 0 Å². The van der Waals surface area contributed by atoms with E-state index >= 15 is 0 Å². The van der Waals surface area contributed by atoms with Crippen LogP contribution in [0.2, 0.25) is 0 Å². The molecular weight excluding hydrogens is 246 g/mol. The zero-order valence-corrected chi connectivity index (χ0v) is 8.64. The van der Waals surface area contributed by atoms with Crippen molar-refractivity contribution in [3.63, 3.8) is 0 Å². The van der Waals surface area contributed by atoms with Gasteiger partial charge in [-0.2, -0.15) is 5.26 Å². The Morgan fingerprint density at radius 1 is 1.50 bits per heavy atom. The maximum Gasteiger partial charge on any atom is 0.170 e. The second-order valence-corrected chi connectivity index (χ2v) is 3.52. The molecule has 2 heterocycles. The van der Waals surface area contributed by atoms with Crippen LogP contribution >= 0.6 is 15.9 Å². The summed E-state index contributed by atoms with van der Waals surface area (Å²) in [4.78, 5) is 0. The molecule has 0 radical (unpaired) electrons. The molecule has 5 nitrogen and oxygen atoms in total. The van der Waals surface area contributed by atoms with Crippen molar-refractivity contribution in [1.82, 2.24) is 14.6 Å². The fourth-order valence-corrected chi connectivity index (χ4v) is 1.70. The second kappa shape index (κ2) is 3.36. The Morgan fingerprint density at radius 3 is 3.00 bits per heavy atom. The average Bonchev–Trinajstić information content (AvgIpc) is 2.62. The van der Waals surface area contributed by atoms with Gasteiger partial charge in [-0.15, -0.1) is 10.2 Å². The van der Waals surface area contributed by atoms with Crippen molar-refractivity contribution in [1.29, 1.82) is 5.26 Å². The van der Waals surface area contributed by atoms with Crippen LogP contribution in [-0.4, -0.2) is 14.6 Å². The van der Waals surface area contributed by atoms with E-state index in [2.05, 4.69) is 26.1 Å². The van der Waals surface area contributed by atoms with Crippen LogP contribution in [-0.2, 0) is 0 Å². The van der Waals surface area contributed by atoms with Crippen LogP contribution in [0.15, 0.2) is 22.8 Å². The van der Waals surface area contributed by atoms with Crippen LogP contribution in [0.25, 0.3) is 5.65 Å². The highest BCUT2D eigenvalue weighted by Crippen LogP contribution is 2.16. The summed E-state index contributed by atoms with van der Waals surface area (Å²) in [6, 6.07) is 6.64. The molecule has 0 fully saturated rings. The summed E-state index contributed by atoms with van der Waals surface area (Å²) >= 11 is 3.34. The van der Waals surface area contributed by atoms with Crippen molar-refractivity contribution in [2.24, 2.45) is 5.73 Å². The lowest BCUT2D eigenvalue weighted by Gasteiger charge is -2.02. The van der Waals surface area contributed by atoms with E-state index < -0.39 is 6.04 Å². The van der Waals surface area contributed by atoms with Crippen LogP contribution in [0.3, 0.4) is 0 Å². The number of pyridine rings is 1. The van der Waals surface area contributed by atoms with E-state index in [-0.39, 0.29) is 0 Å². The largest absolute Gasteiger partial charge is 0.310 e. The molecule has 2 aromatic rings. The molecule has 0 aromatic carbocycles. The molecule has 0 aliphatic rings. The summed E-state index contributed by atoms with van der Waals surface area (Å²) in [6.07, 6.45) is 0. The zero-order chi connectivity index (χ0) is 10.1. The highest BCUT2D eigenvalue weighted by Gasteiger charge is 2.14. The number of rotatable bonds is 1. The molecule has 1 unspecified atom stereocenters. The molecule has 2 rings (SSSR count). The molecule has 6 heteroatoms. The number of nitriles is 1. The van der Waals surface area contributed by atoms with Gasteiger partial charge in [0.05, 0.1) is 10.7 Å². The molecule has 1 atom stereocenters. The lowest BCUT2D eigenvalue weighted by Crippen LogP contribution is -2.12. The van der Waals surface area contributed by atoms with Crippen LogP contribution in [0.1, 0.15) is 11.9 Å². The molecule has 0 saturated carbocycles. The third-order valence-corrected chi connectivity index (χ3v) is 2.44. The summed E-state index contributed by atoms with van der Waals surface area (Å²) in [5, 5.41) is 16.4. The molecule has 70 valence electrons. The summed E-state index contributed by atoms with van der Waals surface area (Å²) < 4.78 is 2.48. The fourth-order valence-electron chi connectivity index (χ4n) is 1.18. The van der Waals surface area contributed by atoms with E-state index in [1.165, 1.54) is 0 Å². The van der Waals surface area contributed by atoms with Crippen molar-refractivity contribution in [3.8, 4) is 6.07 Å². The van der Waals surface area contributed by atoms with Gasteiger partial charge in [0.2, 0.25) is 0 Å². The summed E-state index contributed by atoms with van der Waals surface area (Å²) in [6.45, 7) is 0. The molecule has 0 amide bonds. The summed E-state index contributed by atoms with van der Waals surface area (Å²) in [7, 11) is 0. The first-order valence-corrected chi connectivity index (χ1v) is 4.68.